The molecular formula is C12H16FNO2. The highest BCUT2D eigenvalue weighted by Gasteiger charge is 2.00. The maximum absolute atomic E-state index is 12.8. The smallest absolute Gasteiger partial charge is 0.303 e. The number of rotatable bonds is 6. The van der Waals surface area contributed by atoms with Crippen LogP contribution in [0.25, 0.3) is 0 Å². The van der Waals surface area contributed by atoms with E-state index in [4.69, 9.17) is 5.11 Å². The third-order valence-electron chi connectivity index (χ3n) is 2.32. The number of benzene rings is 1. The SMILES string of the molecule is Cc1cc(F)ccc1NCCCCC(=O)O. The molecule has 0 aromatic heterocycles. The highest BCUT2D eigenvalue weighted by Crippen LogP contribution is 2.15. The Morgan fingerprint density at radius 1 is 1.44 bits per heavy atom. The summed E-state index contributed by atoms with van der Waals surface area (Å²) >= 11 is 0. The van der Waals surface area contributed by atoms with Crippen molar-refractivity contribution < 1.29 is 14.3 Å². The molecule has 0 aliphatic heterocycles. The molecule has 0 heterocycles. The molecule has 0 spiro atoms. The third kappa shape index (κ3) is 4.29. The van der Waals surface area contributed by atoms with E-state index in [1.54, 1.807) is 6.07 Å². The summed E-state index contributed by atoms with van der Waals surface area (Å²) in [6.07, 6.45) is 1.65. The minimum absolute atomic E-state index is 0.198. The number of aliphatic carboxylic acids is 1. The molecule has 1 aromatic carbocycles. The van der Waals surface area contributed by atoms with Gasteiger partial charge in [0.15, 0.2) is 0 Å². The van der Waals surface area contributed by atoms with Crippen molar-refractivity contribution in [1.82, 2.24) is 0 Å². The molecule has 0 amide bonds. The van der Waals surface area contributed by atoms with E-state index in [0.29, 0.717) is 13.0 Å². The summed E-state index contributed by atoms with van der Waals surface area (Å²) in [7, 11) is 0. The van der Waals surface area contributed by atoms with Gasteiger partial charge in [0.2, 0.25) is 0 Å². The van der Waals surface area contributed by atoms with Crippen molar-refractivity contribution in [1.29, 1.82) is 0 Å². The minimum atomic E-state index is -0.766. The van der Waals surface area contributed by atoms with Crippen molar-refractivity contribution in [3.05, 3.63) is 29.6 Å². The average Bonchev–Trinajstić information content (AvgIpc) is 2.20. The van der Waals surface area contributed by atoms with Gasteiger partial charge < -0.3 is 10.4 Å². The van der Waals surface area contributed by atoms with Crippen LogP contribution in [0, 0.1) is 12.7 Å². The lowest BCUT2D eigenvalue weighted by Gasteiger charge is -2.08. The van der Waals surface area contributed by atoms with Crippen LogP contribution in [-0.4, -0.2) is 17.6 Å². The second-order valence-corrected chi connectivity index (χ2v) is 3.74. The molecule has 0 aliphatic carbocycles. The summed E-state index contributed by atoms with van der Waals surface area (Å²) < 4.78 is 12.8. The number of carbonyl (C=O) groups is 1. The van der Waals surface area contributed by atoms with Gasteiger partial charge in [0.1, 0.15) is 5.82 Å². The molecule has 4 heteroatoms. The Morgan fingerprint density at radius 3 is 2.81 bits per heavy atom. The van der Waals surface area contributed by atoms with E-state index in [1.165, 1.54) is 12.1 Å². The Hall–Kier alpha value is -1.58. The summed E-state index contributed by atoms with van der Waals surface area (Å²) in [5.41, 5.74) is 1.76. The number of aryl methyl sites for hydroxylation is 1. The quantitative estimate of drug-likeness (QED) is 0.732. The Labute approximate surface area is 94.3 Å². The van der Waals surface area contributed by atoms with Gasteiger partial charge >= 0.3 is 5.97 Å². The average molecular weight is 225 g/mol. The molecule has 1 aromatic rings. The van der Waals surface area contributed by atoms with Gasteiger partial charge in [-0.25, -0.2) is 4.39 Å². The first-order chi connectivity index (χ1) is 7.59. The molecular weight excluding hydrogens is 209 g/mol. The van der Waals surface area contributed by atoms with Crippen LogP contribution < -0.4 is 5.32 Å². The van der Waals surface area contributed by atoms with E-state index in [2.05, 4.69) is 5.32 Å². The molecule has 1 rings (SSSR count). The minimum Gasteiger partial charge on any atom is -0.481 e. The summed E-state index contributed by atoms with van der Waals surface area (Å²) in [5, 5.41) is 11.6. The molecule has 3 nitrogen and oxygen atoms in total. The number of carboxylic acids is 1. The van der Waals surface area contributed by atoms with Crippen LogP contribution in [0.5, 0.6) is 0 Å². The zero-order valence-electron chi connectivity index (χ0n) is 9.29. The number of unbranched alkanes of at least 4 members (excludes halogenated alkanes) is 1. The van der Waals surface area contributed by atoms with Gasteiger partial charge in [-0.3, -0.25) is 4.79 Å². The summed E-state index contributed by atoms with van der Waals surface area (Å²) in [4.78, 5) is 10.3. The maximum atomic E-state index is 12.8. The highest BCUT2D eigenvalue weighted by atomic mass is 19.1. The van der Waals surface area contributed by atoms with Crippen molar-refractivity contribution in [2.24, 2.45) is 0 Å². The molecule has 0 radical (unpaired) electrons. The van der Waals surface area contributed by atoms with Crippen molar-refractivity contribution in [3.8, 4) is 0 Å². The van der Waals surface area contributed by atoms with Gasteiger partial charge in [0.05, 0.1) is 0 Å². The second-order valence-electron chi connectivity index (χ2n) is 3.74. The van der Waals surface area contributed by atoms with Gasteiger partial charge in [-0.2, -0.15) is 0 Å². The van der Waals surface area contributed by atoms with Crippen molar-refractivity contribution in [3.63, 3.8) is 0 Å². The van der Waals surface area contributed by atoms with E-state index < -0.39 is 5.97 Å². The summed E-state index contributed by atoms with van der Waals surface area (Å²) in [6.45, 7) is 2.54. The van der Waals surface area contributed by atoms with Crippen LogP contribution in [0.15, 0.2) is 18.2 Å². The first-order valence-corrected chi connectivity index (χ1v) is 5.31. The molecule has 0 atom stereocenters. The highest BCUT2D eigenvalue weighted by molar-refractivity contribution is 5.66. The van der Waals surface area contributed by atoms with Crippen LogP contribution in [0.2, 0.25) is 0 Å². The topological polar surface area (TPSA) is 49.3 Å². The van der Waals surface area contributed by atoms with Crippen LogP contribution in [0.4, 0.5) is 10.1 Å². The van der Waals surface area contributed by atoms with Crippen molar-refractivity contribution in [2.75, 3.05) is 11.9 Å². The van der Waals surface area contributed by atoms with Gasteiger partial charge in [-0.1, -0.05) is 0 Å². The van der Waals surface area contributed by atoms with Crippen molar-refractivity contribution in [2.45, 2.75) is 26.2 Å². The van der Waals surface area contributed by atoms with Crippen LogP contribution >= 0.6 is 0 Å². The van der Waals surface area contributed by atoms with Gasteiger partial charge in [-0.15, -0.1) is 0 Å². The number of nitrogens with one attached hydrogen (secondary N) is 1. The molecule has 0 saturated carbocycles. The van der Waals surface area contributed by atoms with Gasteiger partial charge in [0, 0.05) is 18.7 Å². The molecule has 0 unspecified atom stereocenters. The van der Waals surface area contributed by atoms with Crippen molar-refractivity contribution >= 4 is 11.7 Å². The van der Waals surface area contributed by atoms with E-state index in [0.717, 1.165) is 17.7 Å². The Morgan fingerprint density at radius 2 is 2.19 bits per heavy atom. The number of hydrogen-bond donors (Lipinski definition) is 2. The molecule has 0 saturated heterocycles. The number of anilines is 1. The maximum Gasteiger partial charge on any atom is 0.303 e. The van der Waals surface area contributed by atoms with E-state index in [-0.39, 0.29) is 12.2 Å². The molecule has 0 fully saturated rings. The number of hydrogen-bond acceptors (Lipinski definition) is 2. The first kappa shape index (κ1) is 12.5. The predicted molar refractivity (Wildman–Crippen MR) is 61.1 cm³/mol. The fourth-order valence-electron chi connectivity index (χ4n) is 1.45. The lowest BCUT2D eigenvalue weighted by molar-refractivity contribution is -0.137. The van der Waals surface area contributed by atoms with E-state index in [1.807, 2.05) is 6.92 Å². The Balaban J connectivity index is 2.29. The van der Waals surface area contributed by atoms with Crippen LogP contribution in [-0.2, 0) is 4.79 Å². The zero-order chi connectivity index (χ0) is 12.0. The van der Waals surface area contributed by atoms with Gasteiger partial charge in [-0.05, 0) is 43.5 Å². The largest absolute Gasteiger partial charge is 0.481 e. The number of halogens is 1. The zero-order valence-corrected chi connectivity index (χ0v) is 9.29. The lowest BCUT2D eigenvalue weighted by Crippen LogP contribution is -2.04. The normalized spacial score (nSPS) is 10.1. The molecule has 0 aliphatic rings. The van der Waals surface area contributed by atoms with Crippen LogP contribution in [0.3, 0.4) is 0 Å². The predicted octanol–water partition coefficient (Wildman–Crippen LogP) is 2.80. The Kier molecular flexibility index (Phi) is 4.76. The number of carboxylic acid groups (broad SMARTS) is 1. The van der Waals surface area contributed by atoms with E-state index in [9.17, 15) is 9.18 Å². The fourth-order valence-corrected chi connectivity index (χ4v) is 1.45. The summed E-state index contributed by atoms with van der Waals surface area (Å²) in [5.74, 6) is -1.01. The molecule has 0 bridgehead atoms. The third-order valence-corrected chi connectivity index (χ3v) is 2.32. The first-order valence-electron chi connectivity index (χ1n) is 5.31. The standard InChI is InChI=1S/C12H16FNO2/c1-9-8-10(13)5-6-11(9)14-7-3-2-4-12(15)16/h5-6,8,14H,2-4,7H2,1H3,(H,15,16). The Bertz CT molecular complexity index is 366. The lowest BCUT2D eigenvalue weighted by atomic mass is 10.2. The molecule has 88 valence electrons. The second kappa shape index (κ2) is 6.10. The van der Waals surface area contributed by atoms with Crippen LogP contribution in [0.1, 0.15) is 24.8 Å². The molecule has 2 N–H and O–H groups in total. The monoisotopic (exact) mass is 225 g/mol. The fraction of sp³-hybridized carbons (Fsp3) is 0.417. The molecule has 16 heavy (non-hydrogen) atoms. The summed E-state index contributed by atoms with van der Waals surface area (Å²) in [6, 6.07) is 4.58. The van der Waals surface area contributed by atoms with E-state index >= 15 is 0 Å². The van der Waals surface area contributed by atoms with Gasteiger partial charge in [0.25, 0.3) is 0 Å².